The zero-order chi connectivity index (χ0) is 22.2. The van der Waals surface area contributed by atoms with Gasteiger partial charge in [0.15, 0.2) is 0 Å². The Hall–Kier alpha value is -2.26. The molecule has 2 unspecified atom stereocenters. The van der Waals surface area contributed by atoms with E-state index in [-0.39, 0.29) is 24.2 Å². The second-order valence-electron chi connectivity index (χ2n) is 8.56. The minimum Gasteiger partial charge on any atom is -0.481 e. The zero-order valence-electron chi connectivity index (χ0n) is 17.8. The normalized spacial score (nSPS) is 20.8. The van der Waals surface area contributed by atoms with Crippen molar-refractivity contribution in [3.05, 3.63) is 28.5 Å². The van der Waals surface area contributed by atoms with Gasteiger partial charge >= 0.3 is 5.97 Å². The number of aromatic amines is 1. The highest BCUT2D eigenvalue weighted by Gasteiger charge is 2.30. The fourth-order valence-corrected chi connectivity index (χ4v) is 4.56. The molecule has 1 aromatic heterocycles. The molecule has 1 aromatic rings. The Morgan fingerprint density at radius 3 is 2.68 bits per heavy atom. The quantitative estimate of drug-likeness (QED) is 0.454. The number of hydrogen-bond donors (Lipinski definition) is 4. The van der Waals surface area contributed by atoms with Crippen LogP contribution in [0.2, 0.25) is 0 Å². The molecule has 0 aromatic carbocycles. The summed E-state index contributed by atoms with van der Waals surface area (Å²) in [6.07, 6.45) is 6.56. The maximum atomic E-state index is 12.9. The lowest BCUT2D eigenvalue weighted by Gasteiger charge is -2.33. The van der Waals surface area contributed by atoms with Crippen molar-refractivity contribution < 1.29 is 19.5 Å². The molecule has 2 atom stereocenters. The molecule has 0 saturated carbocycles. The lowest BCUT2D eigenvalue weighted by molar-refractivity contribution is -0.138. The highest BCUT2D eigenvalue weighted by atomic mass is 32.1. The molecule has 3 rings (SSSR count). The highest BCUT2D eigenvalue weighted by Crippen LogP contribution is 2.23. The van der Waals surface area contributed by atoms with Gasteiger partial charge in [0.1, 0.15) is 4.64 Å². The molecule has 0 spiro atoms. The molecule has 0 bridgehead atoms. The molecule has 0 radical (unpaired) electrons. The number of nitrogens with one attached hydrogen (secondary N) is 3. The number of carbonyl (C=O) groups excluding carboxylic acids is 2. The Morgan fingerprint density at radius 1 is 1.23 bits per heavy atom. The van der Waals surface area contributed by atoms with Gasteiger partial charge in [0.05, 0.1) is 18.4 Å². The van der Waals surface area contributed by atoms with Gasteiger partial charge in [0.25, 0.3) is 0 Å². The second-order valence-corrected chi connectivity index (χ2v) is 9.00. The van der Waals surface area contributed by atoms with E-state index in [1.165, 1.54) is 0 Å². The molecule has 2 fully saturated rings. The lowest BCUT2D eigenvalue weighted by atomic mass is 9.92. The molecule has 9 heteroatoms. The molecule has 2 aliphatic rings. The van der Waals surface area contributed by atoms with Crippen molar-refractivity contribution in [3.8, 4) is 0 Å². The molecule has 2 amide bonds. The van der Waals surface area contributed by atoms with Crippen LogP contribution in [0.25, 0.3) is 0 Å². The minimum absolute atomic E-state index is 0.119. The van der Waals surface area contributed by atoms with Crippen molar-refractivity contribution in [1.29, 1.82) is 0 Å². The third-order valence-electron chi connectivity index (χ3n) is 6.28. The van der Waals surface area contributed by atoms with Gasteiger partial charge in [-0.3, -0.25) is 14.4 Å². The van der Waals surface area contributed by atoms with E-state index in [1.54, 1.807) is 23.2 Å². The van der Waals surface area contributed by atoms with E-state index in [1.807, 2.05) is 0 Å². The standard InChI is InChI=1S/C22H32N4O4S/c27-20(6-3-15-7-9-23-10-8-15)26-11-1-2-17(14-26)22(30)25-18(12-21(28)29)16-4-5-19(31)24-13-16/h4-5,13,15,17-18,23H,1-3,6-12,14H2,(H,24,31)(H,25,30)(H,28,29). The predicted octanol–water partition coefficient (Wildman–Crippen LogP) is 2.39. The fraction of sp³-hybridized carbons (Fsp3) is 0.636. The average Bonchev–Trinajstić information content (AvgIpc) is 2.78. The van der Waals surface area contributed by atoms with Gasteiger partial charge in [-0.2, -0.15) is 0 Å². The van der Waals surface area contributed by atoms with E-state index in [0.29, 0.717) is 42.1 Å². The van der Waals surface area contributed by atoms with Gasteiger partial charge in [-0.15, -0.1) is 0 Å². The first-order valence-corrected chi connectivity index (χ1v) is 11.5. The lowest BCUT2D eigenvalue weighted by Crippen LogP contribution is -2.46. The molecular formula is C22H32N4O4S. The second kappa shape index (κ2) is 11.4. The van der Waals surface area contributed by atoms with Crippen molar-refractivity contribution in [2.45, 2.75) is 51.0 Å². The van der Waals surface area contributed by atoms with Crippen LogP contribution in [0.1, 0.15) is 56.6 Å². The number of likely N-dealkylation sites (tertiary alicyclic amines) is 1. The van der Waals surface area contributed by atoms with Crippen molar-refractivity contribution in [1.82, 2.24) is 20.5 Å². The number of carboxylic acids is 1. The van der Waals surface area contributed by atoms with Crippen LogP contribution in [-0.2, 0) is 14.4 Å². The number of carbonyl (C=O) groups is 3. The summed E-state index contributed by atoms with van der Waals surface area (Å²) in [5.74, 6) is -0.802. The number of pyridine rings is 1. The monoisotopic (exact) mass is 448 g/mol. The minimum atomic E-state index is -0.994. The first-order chi connectivity index (χ1) is 14.9. The smallest absolute Gasteiger partial charge is 0.305 e. The Morgan fingerprint density at radius 2 is 2.00 bits per heavy atom. The maximum absolute atomic E-state index is 12.9. The number of H-pyrrole nitrogens is 1. The van der Waals surface area contributed by atoms with E-state index in [2.05, 4.69) is 15.6 Å². The summed E-state index contributed by atoms with van der Waals surface area (Å²) in [6, 6.07) is 2.75. The van der Waals surface area contributed by atoms with Crippen molar-refractivity contribution in [3.63, 3.8) is 0 Å². The first-order valence-electron chi connectivity index (χ1n) is 11.1. The molecular weight excluding hydrogens is 416 g/mol. The summed E-state index contributed by atoms with van der Waals surface area (Å²) in [6.45, 7) is 3.13. The fourth-order valence-electron chi connectivity index (χ4n) is 4.43. The van der Waals surface area contributed by atoms with E-state index in [0.717, 1.165) is 38.8 Å². The van der Waals surface area contributed by atoms with Gasteiger partial charge in [0.2, 0.25) is 11.8 Å². The third kappa shape index (κ3) is 7.14. The van der Waals surface area contributed by atoms with Gasteiger partial charge in [-0.25, -0.2) is 0 Å². The summed E-state index contributed by atoms with van der Waals surface area (Å²) in [5.41, 5.74) is 0.662. The summed E-state index contributed by atoms with van der Waals surface area (Å²) < 4.78 is 0.537. The maximum Gasteiger partial charge on any atom is 0.305 e. The zero-order valence-corrected chi connectivity index (χ0v) is 18.6. The van der Waals surface area contributed by atoms with Gasteiger partial charge in [0, 0.05) is 25.7 Å². The first kappa shape index (κ1) is 23.4. The summed E-state index contributed by atoms with van der Waals surface area (Å²) in [7, 11) is 0. The SMILES string of the molecule is O=C(O)CC(NC(=O)C1CCCN(C(=O)CCC2CCNCC2)C1)c1ccc(=S)[nH]c1. The molecule has 3 heterocycles. The largest absolute Gasteiger partial charge is 0.481 e. The average molecular weight is 449 g/mol. The molecule has 0 aliphatic carbocycles. The number of carboxylic acid groups (broad SMARTS) is 1. The molecule has 2 saturated heterocycles. The van der Waals surface area contributed by atoms with Gasteiger partial charge in [-0.05, 0) is 62.7 Å². The van der Waals surface area contributed by atoms with E-state index in [9.17, 15) is 19.5 Å². The van der Waals surface area contributed by atoms with Crippen LogP contribution >= 0.6 is 12.2 Å². The van der Waals surface area contributed by atoms with Crippen LogP contribution in [0, 0.1) is 16.5 Å². The van der Waals surface area contributed by atoms with E-state index in [4.69, 9.17) is 12.2 Å². The third-order valence-corrected chi connectivity index (χ3v) is 6.53. The Bertz CT molecular complexity index is 817. The summed E-state index contributed by atoms with van der Waals surface area (Å²) >= 11 is 5.04. The van der Waals surface area contributed by atoms with Crippen LogP contribution in [0.3, 0.4) is 0 Å². The number of amides is 2. The van der Waals surface area contributed by atoms with Crippen LogP contribution in [0.4, 0.5) is 0 Å². The van der Waals surface area contributed by atoms with Crippen molar-refractivity contribution in [2.75, 3.05) is 26.2 Å². The van der Waals surface area contributed by atoms with Crippen LogP contribution in [-0.4, -0.2) is 59.0 Å². The van der Waals surface area contributed by atoms with E-state index < -0.39 is 12.0 Å². The number of hydrogen-bond acceptors (Lipinski definition) is 5. The van der Waals surface area contributed by atoms with Crippen molar-refractivity contribution >= 4 is 30.0 Å². The number of rotatable bonds is 8. The van der Waals surface area contributed by atoms with Gasteiger partial charge < -0.3 is 25.6 Å². The van der Waals surface area contributed by atoms with Gasteiger partial charge in [-0.1, -0.05) is 18.3 Å². The number of aliphatic carboxylic acids is 1. The molecule has 2 aliphatic heterocycles. The summed E-state index contributed by atoms with van der Waals surface area (Å²) in [5, 5.41) is 15.5. The topological polar surface area (TPSA) is 115 Å². The Kier molecular flexibility index (Phi) is 8.60. The highest BCUT2D eigenvalue weighted by molar-refractivity contribution is 7.71. The van der Waals surface area contributed by atoms with E-state index >= 15 is 0 Å². The van der Waals surface area contributed by atoms with Crippen LogP contribution in [0.5, 0.6) is 0 Å². The summed E-state index contributed by atoms with van der Waals surface area (Å²) in [4.78, 5) is 41.6. The van der Waals surface area contributed by atoms with Crippen molar-refractivity contribution in [2.24, 2.45) is 11.8 Å². The molecule has 8 nitrogen and oxygen atoms in total. The van der Waals surface area contributed by atoms with Crippen LogP contribution in [0.15, 0.2) is 18.3 Å². The Labute approximate surface area is 187 Å². The molecule has 170 valence electrons. The number of piperidine rings is 2. The van der Waals surface area contributed by atoms with Crippen LogP contribution < -0.4 is 10.6 Å². The number of aromatic nitrogens is 1. The number of nitrogens with zero attached hydrogens (tertiary/aromatic N) is 1. The molecule has 4 N–H and O–H groups in total. The predicted molar refractivity (Wildman–Crippen MR) is 119 cm³/mol. The Balaban J connectivity index is 1.55. The molecule has 31 heavy (non-hydrogen) atoms.